The molecule has 0 saturated carbocycles. The van der Waals surface area contributed by atoms with Gasteiger partial charge in [0.25, 0.3) is 5.91 Å². The predicted octanol–water partition coefficient (Wildman–Crippen LogP) is 3.30. The van der Waals surface area contributed by atoms with Crippen molar-refractivity contribution in [2.45, 2.75) is 12.3 Å². The number of nitrogens with two attached hydrogens (primary N) is 1. The van der Waals surface area contributed by atoms with Gasteiger partial charge in [-0.3, -0.25) is 9.59 Å². The summed E-state index contributed by atoms with van der Waals surface area (Å²) in [5, 5.41) is 2.90. The van der Waals surface area contributed by atoms with Crippen molar-refractivity contribution in [2.24, 2.45) is 5.73 Å². The molecule has 1 atom stereocenters. The summed E-state index contributed by atoms with van der Waals surface area (Å²) in [7, 11) is 1.49. The summed E-state index contributed by atoms with van der Waals surface area (Å²) in [6.45, 7) is -0.262. The Kier molecular flexibility index (Phi) is 5.37. The van der Waals surface area contributed by atoms with Crippen LogP contribution in [0.3, 0.4) is 0 Å². The number of rotatable bonds is 6. The number of amides is 2. The lowest BCUT2D eigenvalue weighted by Gasteiger charge is -2.23. The number of ether oxygens (including phenoxy) is 2. The van der Waals surface area contributed by atoms with Crippen LogP contribution in [0.4, 0.5) is 10.1 Å². The molecule has 0 radical (unpaired) electrons. The summed E-state index contributed by atoms with van der Waals surface area (Å²) < 4.78 is 28.6. The first-order valence-electron chi connectivity index (χ1n) is 9.10. The van der Waals surface area contributed by atoms with Crippen LogP contribution in [0.2, 0.25) is 0 Å². The maximum Gasteiger partial charge on any atom is 0.255 e. The van der Waals surface area contributed by atoms with Gasteiger partial charge in [0, 0.05) is 17.9 Å². The molecule has 1 aliphatic rings. The molecule has 0 fully saturated rings. The Morgan fingerprint density at radius 2 is 2.03 bits per heavy atom. The van der Waals surface area contributed by atoms with Gasteiger partial charge < -0.3 is 20.5 Å². The van der Waals surface area contributed by atoms with Crippen LogP contribution in [-0.2, 0) is 9.59 Å². The van der Waals surface area contributed by atoms with Gasteiger partial charge in [-0.15, -0.1) is 0 Å². The zero-order valence-corrected chi connectivity index (χ0v) is 16.8. The smallest absolute Gasteiger partial charge is 0.255 e. The third-order valence-corrected chi connectivity index (χ3v) is 5.73. The SMILES string of the molecule is COc1cc(C2CC(=O)Nc3c(-c4ccc(F)cc4)nsc32)ccc1OCC(N)=O. The van der Waals surface area contributed by atoms with Gasteiger partial charge in [-0.05, 0) is 53.5 Å². The number of hydrogen-bond donors (Lipinski definition) is 2. The van der Waals surface area contributed by atoms with Gasteiger partial charge in [-0.25, -0.2) is 4.39 Å². The van der Waals surface area contributed by atoms with Crippen molar-refractivity contribution >= 4 is 29.0 Å². The summed E-state index contributed by atoms with van der Waals surface area (Å²) in [4.78, 5) is 24.3. The average molecular weight is 427 g/mol. The van der Waals surface area contributed by atoms with E-state index in [1.807, 2.05) is 6.07 Å². The summed E-state index contributed by atoms with van der Waals surface area (Å²) in [5.74, 6) is -0.465. The van der Waals surface area contributed by atoms with Crippen LogP contribution in [0.1, 0.15) is 22.8 Å². The van der Waals surface area contributed by atoms with E-state index in [2.05, 4.69) is 9.69 Å². The molecule has 3 aromatic rings. The van der Waals surface area contributed by atoms with Crippen molar-refractivity contribution < 1.29 is 23.5 Å². The summed E-state index contributed by atoms with van der Waals surface area (Å²) in [6.07, 6.45) is 0.253. The molecule has 2 heterocycles. The van der Waals surface area contributed by atoms with Crippen LogP contribution in [0.25, 0.3) is 11.3 Å². The third-order valence-electron chi connectivity index (χ3n) is 4.77. The Morgan fingerprint density at radius 3 is 2.73 bits per heavy atom. The number of carbonyl (C=O) groups is 2. The van der Waals surface area contributed by atoms with E-state index < -0.39 is 5.91 Å². The molecule has 1 aliphatic heterocycles. The molecule has 9 heteroatoms. The Labute approximate surface area is 175 Å². The van der Waals surface area contributed by atoms with E-state index >= 15 is 0 Å². The monoisotopic (exact) mass is 427 g/mol. The number of aromatic nitrogens is 1. The number of carbonyl (C=O) groups excluding carboxylic acids is 2. The highest BCUT2D eigenvalue weighted by molar-refractivity contribution is 7.07. The number of nitrogens with zero attached hydrogens (tertiary/aromatic N) is 1. The first kappa shape index (κ1) is 19.8. The van der Waals surface area contributed by atoms with Gasteiger partial charge in [-0.1, -0.05) is 6.07 Å². The number of primary amides is 1. The standard InChI is InChI=1S/C21H18FN3O4S/c1-28-16-8-12(4-7-15(16)29-10-17(23)26)14-9-18(27)24-20-19(25-30-21(14)20)11-2-5-13(22)6-3-11/h2-8,14H,9-10H2,1H3,(H2,23,26)(H,24,27). The van der Waals surface area contributed by atoms with E-state index in [0.717, 1.165) is 16.0 Å². The zero-order chi connectivity index (χ0) is 21.3. The highest BCUT2D eigenvalue weighted by atomic mass is 32.1. The highest BCUT2D eigenvalue weighted by Gasteiger charge is 2.32. The summed E-state index contributed by atoms with van der Waals surface area (Å²) >= 11 is 1.30. The summed E-state index contributed by atoms with van der Waals surface area (Å²) in [6, 6.07) is 11.3. The van der Waals surface area contributed by atoms with Crippen molar-refractivity contribution in [3.63, 3.8) is 0 Å². The fraction of sp³-hybridized carbons (Fsp3) is 0.190. The molecular weight excluding hydrogens is 409 g/mol. The lowest BCUT2D eigenvalue weighted by Crippen LogP contribution is -2.22. The van der Waals surface area contributed by atoms with Crippen molar-refractivity contribution in [2.75, 3.05) is 19.0 Å². The maximum absolute atomic E-state index is 13.3. The molecule has 1 aromatic heterocycles. The van der Waals surface area contributed by atoms with Crippen LogP contribution in [-0.4, -0.2) is 29.9 Å². The van der Waals surface area contributed by atoms with Crippen LogP contribution < -0.4 is 20.5 Å². The van der Waals surface area contributed by atoms with Crippen molar-refractivity contribution in [1.29, 1.82) is 0 Å². The number of anilines is 1. The van der Waals surface area contributed by atoms with Crippen molar-refractivity contribution in [3.05, 3.63) is 58.7 Å². The fourth-order valence-corrected chi connectivity index (χ4v) is 4.35. The van der Waals surface area contributed by atoms with Gasteiger partial charge in [0.15, 0.2) is 18.1 Å². The Bertz CT molecular complexity index is 1110. The van der Waals surface area contributed by atoms with Crippen LogP contribution in [0.15, 0.2) is 42.5 Å². The van der Waals surface area contributed by atoms with Crippen LogP contribution in [0, 0.1) is 5.82 Å². The average Bonchev–Trinajstić information content (AvgIpc) is 3.15. The molecule has 3 N–H and O–H groups in total. The first-order valence-corrected chi connectivity index (χ1v) is 9.88. The molecule has 4 rings (SSSR count). The van der Waals surface area contributed by atoms with E-state index in [1.54, 1.807) is 24.3 Å². The normalized spacial score (nSPS) is 15.3. The Balaban J connectivity index is 1.71. The van der Waals surface area contributed by atoms with Crippen molar-refractivity contribution in [1.82, 2.24) is 4.37 Å². The first-order chi connectivity index (χ1) is 14.5. The molecule has 0 aliphatic carbocycles. The zero-order valence-electron chi connectivity index (χ0n) is 16.0. The van der Waals surface area contributed by atoms with Gasteiger partial charge in [0.1, 0.15) is 11.5 Å². The molecule has 7 nitrogen and oxygen atoms in total. The minimum Gasteiger partial charge on any atom is -0.493 e. The molecule has 2 amide bonds. The minimum atomic E-state index is -0.590. The van der Waals surface area contributed by atoms with Gasteiger partial charge in [0.2, 0.25) is 5.91 Å². The highest BCUT2D eigenvalue weighted by Crippen LogP contribution is 2.46. The molecule has 0 bridgehead atoms. The molecule has 1 unspecified atom stereocenters. The number of halogens is 1. The second-order valence-electron chi connectivity index (χ2n) is 6.75. The largest absolute Gasteiger partial charge is 0.493 e. The van der Waals surface area contributed by atoms with E-state index in [0.29, 0.717) is 22.9 Å². The molecule has 30 heavy (non-hydrogen) atoms. The number of hydrogen-bond acceptors (Lipinski definition) is 6. The molecule has 154 valence electrons. The lowest BCUT2D eigenvalue weighted by atomic mass is 9.89. The molecule has 0 spiro atoms. The quantitative estimate of drug-likeness (QED) is 0.628. The summed E-state index contributed by atoms with van der Waals surface area (Å²) in [5.41, 5.74) is 7.96. The number of benzene rings is 2. The van der Waals surface area contributed by atoms with Crippen molar-refractivity contribution in [3.8, 4) is 22.8 Å². The topological polar surface area (TPSA) is 104 Å². The third kappa shape index (κ3) is 3.84. The van der Waals surface area contributed by atoms with E-state index in [1.165, 1.54) is 30.8 Å². The predicted molar refractivity (Wildman–Crippen MR) is 110 cm³/mol. The van der Waals surface area contributed by atoms with Crippen LogP contribution >= 0.6 is 11.5 Å². The second-order valence-corrected chi connectivity index (χ2v) is 7.55. The lowest BCUT2D eigenvalue weighted by molar-refractivity contribution is -0.120. The van der Waals surface area contributed by atoms with Gasteiger partial charge >= 0.3 is 0 Å². The number of methoxy groups -OCH3 is 1. The number of nitrogens with one attached hydrogen (secondary N) is 1. The Hall–Kier alpha value is -3.46. The van der Waals surface area contributed by atoms with Gasteiger partial charge in [-0.2, -0.15) is 4.37 Å². The molecular formula is C21H18FN3O4S. The molecule has 0 saturated heterocycles. The van der Waals surface area contributed by atoms with E-state index in [9.17, 15) is 14.0 Å². The second kappa shape index (κ2) is 8.11. The Morgan fingerprint density at radius 1 is 1.27 bits per heavy atom. The number of fused-ring (bicyclic) bond motifs is 1. The fourth-order valence-electron chi connectivity index (χ4n) is 3.37. The van der Waals surface area contributed by atoms with Gasteiger partial charge in [0.05, 0.1) is 17.7 Å². The molecule has 2 aromatic carbocycles. The van der Waals surface area contributed by atoms with Crippen LogP contribution in [0.5, 0.6) is 11.5 Å². The maximum atomic E-state index is 13.3. The van der Waals surface area contributed by atoms with E-state index in [4.69, 9.17) is 15.2 Å². The minimum absolute atomic E-state index is 0.135. The van der Waals surface area contributed by atoms with E-state index in [-0.39, 0.29) is 30.7 Å².